The normalized spacial score (nSPS) is 15.3. The molecule has 0 amide bonds. The van der Waals surface area contributed by atoms with Crippen LogP contribution in [-0.2, 0) is 6.54 Å². The molecule has 2 rings (SSSR count). The van der Waals surface area contributed by atoms with Crippen LogP contribution in [0.5, 0.6) is 0 Å². The fourth-order valence-electron chi connectivity index (χ4n) is 2.54. The van der Waals surface area contributed by atoms with E-state index in [4.69, 9.17) is 0 Å². The van der Waals surface area contributed by atoms with Crippen LogP contribution in [0.1, 0.15) is 46.2 Å². The van der Waals surface area contributed by atoms with E-state index in [1.54, 1.807) is 0 Å². The molecule has 1 aromatic rings. The van der Waals surface area contributed by atoms with Gasteiger partial charge in [0, 0.05) is 19.1 Å². The van der Waals surface area contributed by atoms with Crippen LogP contribution in [0.4, 0.5) is 5.82 Å². The standard InChI is InChI=1S/C16H28N4/c1-11(2)15(12(3)4)9-20-16-10-18-14(8-19-16)7-17-13-5-6-13/h8,10-13,15,17H,5-7,9H2,1-4H3,(H,19,20). The van der Waals surface area contributed by atoms with Crippen molar-refractivity contribution in [1.82, 2.24) is 15.3 Å². The summed E-state index contributed by atoms with van der Waals surface area (Å²) >= 11 is 0. The van der Waals surface area contributed by atoms with Crippen molar-refractivity contribution in [3.63, 3.8) is 0 Å². The monoisotopic (exact) mass is 276 g/mol. The molecule has 4 heteroatoms. The maximum absolute atomic E-state index is 4.46. The second-order valence-corrected chi connectivity index (χ2v) is 6.58. The Morgan fingerprint density at radius 1 is 1.10 bits per heavy atom. The number of nitrogens with one attached hydrogen (secondary N) is 2. The summed E-state index contributed by atoms with van der Waals surface area (Å²) in [6.45, 7) is 10.9. The highest BCUT2D eigenvalue weighted by Gasteiger charge is 2.20. The Morgan fingerprint density at radius 2 is 1.80 bits per heavy atom. The lowest BCUT2D eigenvalue weighted by atomic mass is 9.85. The number of anilines is 1. The van der Waals surface area contributed by atoms with Gasteiger partial charge in [0.15, 0.2) is 0 Å². The Morgan fingerprint density at radius 3 is 2.30 bits per heavy atom. The number of hydrogen-bond acceptors (Lipinski definition) is 4. The van der Waals surface area contributed by atoms with Gasteiger partial charge in [-0.3, -0.25) is 4.98 Å². The van der Waals surface area contributed by atoms with Gasteiger partial charge in [0.2, 0.25) is 0 Å². The van der Waals surface area contributed by atoms with E-state index >= 15 is 0 Å². The molecule has 0 radical (unpaired) electrons. The van der Waals surface area contributed by atoms with Crippen LogP contribution in [0.25, 0.3) is 0 Å². The average Bonchev–Trinajstić information content (AvgIpc) is 3.21. The molecule has 2 N–H and O–H groups in total. The van der Waals surface area contributed by atoms with E-state index in [0.717, 1.165) is 24.6 Å². The van der Waals surface area contributed by atoms with E-state index in [-0.39, 0.29) is 0 Å². The van der Waals surface area contributed by atoms with Gasteiger partial charge in [0.25, 0.3) is 0 Å². The highest BCUT2D eigenvalue weighted by atomic mass is 15.0. The van der Waals surface area contributed by atoms with Gasteiger partial charge in [0.1, 0.15) is 5.82 Å². The van der Waals surface area contributed by atoms with E-state index in [1.807, 2.05) is 12.4 Å². The Kier molecular flexibility index (Phi) is 5.35. The highest BCUT2D eigenvalue weighted by molar-refractivity contribution is 5.31. The summed E-state index contributed by atoms with van der Waals surface area (Å²) in [4.78, 5) is 8.91. The molecular formula is C16H28N4. The first-order valence-electron chi connectivity index (χ1n) is 7.84. The molecule has 112 valence electrons. The lowest BCUT2D eigenvalue weighted by Crippen LogP contribution is -2.25. The summed E-state index contributed by atoms with van der Waals surface area (Å²) in [6.07, 6.45) is 6.33. The van der Waals surface area contributed by atoms with Crippen LogP contribution in [0.3, 0.4) is 0 Å². The van der Waals surface area contributed by atoms with Crippen molar-refractivity contribution < 1.29 is 0 Å². The lowest BCUT2D eigenvalue weighted by molar-refractivity contribution is 0.304. The molecule has 1 heterocycles. The molecule has 0 saturated heterocycles. The first kappa shape index (κ1) is 15.2. The van der Waals surface area contributed by atoms with E-state index in [2.05, 4.69) is 48.3 Å². The molecule has 4 nitrogen and oxygen atoms in total. The quantitative estimate of drug-likeness (QED) is 0.766. The molecule has 0 aliphatic heterocycles. The number of aromatic nitrogens is 2. The van der Waals surface area contributed by atoms with Gasteiger partial charge in [-0.05, 0) is 30.6 Å². The summed E-state index contributed by atoms with van der Waals surface area (Å²) < 4.78 is 0. The fourth-order valence-corrected chi connectivity index (χ4v) is 2.54. The van der Waals surface area contributed by atoms with E-state index in [9.17, 15) is 0 Å². The molecule has 1 aliphatic rings. The lowest BCUT2D eigenvalue weighted by Gasteiger charge is -2.25. The molecular weight excluding hydrogens is 248 g/mol. The van der Waals surface area contributed by atoms with Crippen LogP contribution in [0, 0.1) is 17.8 Å². The molecule has 1 fully saturated rings. The summed E-state index contributed by atoms with van der Waals surface area (Å²) in [5.74, 6) is 2.90. The predicted octanol–water partition coefficient (Wildman–Crippen LogP) is 3.07. The number of hydrogen-bond donors (Lipinski definition) is 2. The zero-order valence-corrected chi connectivity index (χ0v) is 13.2. The van der Waals surface area contributed by atoms with Gasteiger partial charge in [-0.25, -0.2) is 4.98 Å². The largest absolute Gasteiger partial charge is 0.368 e. The van der Waals surface area contributed by atoms with Gasteiger partial charge in [0.05, 0.1) is 18.1 Å². The minimum atomic E-state index is 0.660. The van der Waals surface area contributed by atoms with Crippen LogP contribution in [0.15, 0.2) is 12.4 Å². The van der Waals surface area contributed by atoms with Crippen LogP contribution >= 0.6 is 0 Å². The van der Waals surface area contributed by atoms with Crippen LogP contribution < -0.4 is 10.6 Å². The maximum Gasteiger partial charge on any atom is 0.144 e. The van der Waals surface area contributed by atoms with E-state index in [1.165, 1.54) is 12.8 Å². The topological polar surface area (TPSA) is 49.8 Å². The van der Waals surface area contributed by atoms with E-state index in [0.29, 0.717) is 23.8 Å². The van der Waals surface area contributed by atoms with Crippen molar-refractivity contribution in [2.24, 2.45) is 17.8 Å². The molecule has 0 bridgehead atoms. The smallest absolute Gasteiger partial charge is 0.144 e. The van der Waals surface area contributed by atoms with Crippen LogP contribution in [-0.4, -0.2) is 22.6 Å². The minimum absolute atomic E-state index is 0.660. The molecule has 1 aliphatic carbocycles. The Balaban J connectivity index is 1.80. The first-order valence-corrected chi connectivity index (χ1v) is 7.84. The minimum Gasteiger partial charge on any atom is -0.368 e. The van der Waals surface area contributed by atoms with Crippen molar-refractivity contribution in [2.75, 3.05) is 11.9 Å². The van der Waals surface area contributed by atoms with E-state index < -0.39 is 0 Å². The Hall–Kier alpha value is -1.16. The second-order valence-electron chi connectivity index (χ2n) is 6.58. The Bertz CT molecular complexity index is 387. The van der Waals surface area contributed by atoms with Crippen LogP contribution in [0.2, 0.25) is 0 Å². The highest BCUT2D eigenvalue weighted by Crippen LogP contribution is 2.21. The summed E-state index contributed by atoms with van der Waals surface area (Å²) in [5.41, 5.74) is 1.02. The van der Waals surface area contributed by atoms with Crippen molar-refractivity contribution in [3.05, 3.63) is 18.1 Å². The molecule has 0 aromatic carbocycles. The third kappa shape index (κ3) is 4.75. The summed E-state index contributed by atoms with van der Waals surface area (Å²) in [6, 6.07) is 0.715. The fraction of sp³-hybridized carbons (Fsp3) is 0.750. The molecule has 0 unspecified atom stereocenters. The third-order valence-electron chi connectivity index (χ3n) is 4.09. The molecule has 1 aromatic heterocycles. The van der Waals surface area contributed by atoms with Gasteiger partial charge in [-0.15, -0.1) is 0 Å². The molecule has 0 atom stereocenters. The summed E-state index contributed by atoms with van der Waals surface area (Å²) in [5, 5.41) is 6.87. The van der Waals surface area contributed by atoms with Crippen molar-refractivity contribution in [1.29, 1.82) is 0 Å². The predicted molar refractivity (Wildman–Crippen MR) is 83.5 cm³/mol. The summed E-state index contributed by atoms with van der Waals surface area (Å²) in [7, 11) is 0. The Labute approximate surface area is 122 Å². The SMILES string of the molecule is CC(C)C(CNc1cnc(CNC2CC2)cn1)C(C)C. The van der Waals surface area contributed by atoms with Crippen molar-refractivity contribution in [2.45, 2.75) is 53.1 Å². The molecule has 1 saturated carbocycles. The third-order valence-corrected chi connectivity index (χ3v) is 4.09. The van der Waals surface area contributed by atoms with Gasteiger partial charge >= 0.3 is 0 Å². The maximum atomic E-state index is 4.46. The van der Waals surface area contributed by atoms with Crippen molar-refractivity contribution >= 4 is 5.82 Å². The molecule has 20 heavy (non-hydrogen) atoms. The van der Waals surface area contributed by atoms with Gasteiger partial charge in [-0.1, -0.05) is 27.7 Å². The molecule has 0 spiro atoms. The second kappa shape index (κ2) is 7.02. The van der Waals surface area contributed by atoms with Gasteiger partial charge < -0.3 is 10.6 Å². The number of rotatable bonds is 8. The number of nitrogens with zero attached hydrogens (tertiary/aromatic N) is 2. The zero-order chi connectivity index (χ0) is 14.5. The average molecular weight is 276 g/mol. The zero-order valence-electron chi connectivity index (χ0n) is 13.2. The van der Waals surface area contributed by atoms with Gasteiger partial charge in [-0.2, -0.15) is 0 Å². The first-order chi connectivity index (χ1) is 9.56. The van der Waals surface area contributed by atoms with Crippen molar-refractivity contribution in [3.8, 4) is 0 Å².